The molecule has 0 aliphatic rings. The van der Waals surface area contributed by atoms with E-state index in [4.69, 9.17) is 0 Å². The van der Waals surface area contributed by atoms with Gasteiger partial charge >= 0.3 is 0 Å². The van der Waals surface area contributed by atoms with Crippen molar-refractivity contribution >= 4 is 0 Å². The first-order valence-electron chi connectivity index (χ1n) is 8.09. The van der Waals surface area contributed by atoms with Gasteiger partial charge < -0.3 is 0 Å². The van der Waals surface area contributed by atoms with Crippen molar-refractivity contribution in [3.63, 3.8) is 0 Å². The zero-order valence-electron chi connectivity index (χ0n) is 12.8. The summed E-state index contributed by atoms with van der Waals surface area (Å²) in [6, 6.07) is 0. The van der Waals surface area contributed by atoms with Crippen molar-refractivity contribution < 1.29 is 0 Å². The van der Waals surface area contributed by atoms with Crippen LogP contribution in [0.15, 0.2) is 5.18 Å². The Morgan fingerprint density at radius 1 is 0.722 bits per heavy atom. The largest absolute Gasteiger partial charge is 0.150 e. The van der Waals surface area contributed by atoms with E-state index < -0.39 is 0 Å². The Morgan fingerprint density at radius 2 is 1.17 bits per heavy atom. The summed E-state index contributed by atoms with van der Waals surface area (Å²) in [5.41, 5.74) is -0.263. The third-order valence-corrected chi connectivity index (χ3v) is 4.26. The lowest BCUT2D eigenvalue weighted by Crippen LogP contribution is -2.23. The lowest BCUT2D eigenvalue weighted by Gasteiger charge is -2.22. The molecule has 0 aliphatic heterocycles. The predicted octanol–water partition coefficient (Wildman–Crippen LogP) is 6.23. The molecule has 0 rings (SSSR count). The average molecular weight is 255 g/mol. The fourth-order valence-corrected chi connectivity index (χ4v) is 2.54. The lowest BCUT2D eigenvalue weighted by molar-refractivity contribution is 0.350. The van der Waals surface area contributed by atoms with Gasteiger partial charge in [-0.1, -0.05) is 83.7 Å². The minimum Gasteiger partial charge on any atom is -0.150 e. The molecule has 2 heteroatoms. The Kier molecular flexibility index (Phi) is 11.4. The van der Waals surface area contributed by atoms with Gasteiger partial charge in [-0.2, -0.15) is 4.91 Å². The van der Waals surface area contributed by atoms with Crippen LogP contribution in [0.3, 0.4) is 0 Å². The third-order valence-electron chi connectivity index (χ3n) is 4.26. The molecule has 0 N–H and O–H groups in total. The first-order valence-corrected chi connectivity index (χ1v) is 8.09. The molecule has 0 amide bonds. The number of hydrogen-bond donors (Lipinski definition) is 0. The maximum atomic E-state index is 10.9. The minimum atomic E-state index is -0.263. The number of nitroso groups, excluding NO2 is 1. The number of nitrogens with zero attached hydrogens (tertiary/aromatic N) is 1. The van der Waals surface area contributed by atoms with Crippen molar-refractivity contribution in [2.45, 2.75) is 103 Å². The fraction of sp³-hybridized carbons (Fsp3) is 1.00. The Balaban J connectivity index is 3.41. The van der Waals surface area contributed by atoms with Crippen LogP contribution in [0, 0.1) is 4.91 Å². The van der Waals surface area contributed by atoms with Gasteiger partial charge in [-0.3, -0.25) is 0 Å². The van der Waals surface area contributed by atoms with Crippen LogP contribution in [0.5, 0.6) is 0 Å². The van der Waals surface area contributed by atoms with E-state index in [1.54, 1.807) is 0 Å². The van der Waals surface area contributed by atoms with Crippen molar-refractivity contribution in [3.8, 4) is 0 Å². The van der Waals surface area contributed by atoms with E-state index >= 15 is 0 Å². The molecule has 0 aromatic rings. The summed E-state index contributed by atoms with van der Waals surface area (Å²) in [4.78, 5) is 10.9. The van der Waals surface area contributed by atoms with E-state index in [0.717, 1.165) is 19.3 Å². The summed E-state index contributed by atoms with van der Waals surface area (Å²) < 4.78 is 0. The summed E-state index contributed by atoms with van der Waals surface area (Å²) in [7, 11) is 0. The van der Waals surface area contributed by atoms with Gasteiger partial charge in [0.25, 0.3) is 0 Å². The van der Waals surface area contributed by atoms with E-state index in [-0.39, 0.29) is 5.54 Å². The highest BCUT2D eigenvalue weighted by molar-refractivity contribution is 4.84. The van der Waals surface area contributed by atoms with Gasteiger partial charge in [-0.15, -0.1) is 0 Å². The molecule has 0 radical (unpaired) electrons. The highest BCUT2D eigenvalue weighted by Gasteiger charge is 2.26. The molecule has 0 heterocycles. The Hall–Kier alpha value is -0.400. The molecule has 108 valence electrons. The van der Waals surface area contributed by atoms with E-state index in [1.165, 1.54) is 57.8 Å². The number of unbranched alkanes of at least 4 members (excludes halogenated alkanes) is 8. The molecule has 0 unspecified atom stereocenters. The summed E-state index contributed by atoms with van der Waals surface area (Å²) in [6.45, 7) is 6.42. The fourth-order valence-electron chi connectivity index (χ4n) is 2.54. The highest BCUT2D eigenvalue weighted by Crippen LogP contribution is 2.27. The predicted molar refractivity (Wildman–Crippen MR) is 81.0 cm³/mol. The van der Waals surface area contributed by atoms with Crippen LogP contribution in [0.2, 0.25) is 0 Å². The van der Waals surface area contributed by atoms with Crippen molar-refractivity contribution in [1.82, 2.24) is 0 Å². The molecule has 0 saturated carbocycles. The second-order valence-electron chi connectivity index (χ2n) is 5.60. The van der Waals surface area contributed by atoms with Crippen molar-refractivity contribution in [3.05, 3.63) is 4.91 Å². The SMILES string of the molecule is CCCCCCCCCCCC(CC)(CC)N=O. The molecule has 0 saturated heterocycles. The zero-order valence-corrected chi connectivity index (χ0v) is 12.8. The molecule has 18 heavy (non-hydrogen) atoms. The van der Waals surface area contributed by atoms with Gasteiger partial charge in [-0.25, -0.2) is 0 Å². The van der Waals surface area contributed by atoms with Crippen LogP contribution >= 0.6 is 0 Å². The Morgan fingerprint density at radius 3 is 1.56 bits per heavy atom. The number of rotatable bonds is 13. The molecular formula is C16H33NO. The molecule has 0 spiro atoms. The van der Waals surface area contributed by atoms with Crippen LogP contribution in [0.4, 0.5) is 0 Å². The summed E-state index contributed by atoms with van der Waals surface area (Å²) in [5, 5.41) is 3.37. The zero-order chi connectivity index (χ0) is 13.7. The maximum absolute atomic E-state index is 10.9. The molecule has 0 aliphatic carbocycles. The highest BCUT2D eigenvalue weighted by atomic mass is 16.3. The van der Waals surface area contributed by atoms with Crippen LogP contribution in [-0.4, -0.2) is 5.54 Å². The number of hydrogen-bond acceptors (Lipinski definition) is 2. The normalized spacial score (nSPS) is 11.7. The van der Waals surface area contributed by atoms with Gasteiger partial charge in [-0.05, 0) is 19.3 Å². The summed E-state index contributed by atoms with van der Waals surface area (Å²) in [6.07, 6.45) is 14.8. The second kappa shape index (κ2) is 11.7. The van der Waals surface area contributed by atoms with Gasteiger partial charge in [0.2, 0.25) is 0 Å². The maximum Gasteiger partial charge on any atom is 0.102 e. The molecule has 0 fully saturated rings. The summed E-state index contributed by atoms with van der Waals surface area (Å²) >= 11 is 0. The van der Waals surface area contributed by atoms with Crippen LogP contribution < -0.4 is 0 Å². The Bertz CT molecular complexity index is 188. The van der Waals surface area contributed by atoms with Gasteiger partial charge in [0.15, 0.2) is 0 Å². The first-order chi connectivity index (χ1) is 8.74. The van der Waals surface area contributed by atoms with Crippen molar-refractivity contribution in [2.75, 3.05) is 0 Å². The van der Waals surface area contributed by atoms with E-state index in [0.29, 0.717) is 0 Å². The van der Waals surface area contributed by atoms with Crippen LogP contribution in [-0.2, 0) is 0 Å². The molecule has 2 nitrogen and oxygen atoms in total. The minimum absolute atomic E-state index is 0.263. The third kappa shape index (κ3) is 7.84. The molecule has 0 aromatic carbocycles. The summed E-state index contributed by atoms with van der Waals surface area (Å²) in [5.74, 6) is 0. The monoisotopic (exact) mass is 255 g/mol. The average Bonchev–Trinajstić information content (AvgIpc) is 2.42. The first kappa shape index (κ1) is 17.6. The van der Waals surface area contributed by atoms with Crippen molar-refractivity contribution in [2.24, 2.45) is 5.18 Å². The van der Waals surface area contributed by atoms with Gasteiger partial charge in [0.1, 0.15) is 5.54 Å². The molecular weight excluding hydrogens is 222 g/mol. The molecule has 0 atom stereocenters. The van der Waals surface area contributed by atoms with E-state index in [1.807, 2.05) is 0 Å². The van der Waals surface area contributed by atoms with Crippen molar-refractivity contribution in [1.29, 1.82) is 0 Å². The van der Waals surface area contributed by atoms with Crippen LogP contribution in [0.25, 0.3) is 0 Å². The quantitative estimate of drug-likeness (QED) is 0.283. The molecule has 0 aromatic heterocycles. The smallest absolute Gasteiger partial charge is 0.102 e. The second-order valence-corrected chi connectivity index (χ2v) is 5.60. The molecule has 0 bridgehead atoms. The Labute approximate surface area is 114 Å². The van der Waals surface area contributed by atoms with Crippen LogP contribution in [0.1, 0.15) is 97.8 Å². The van der Waals surface area contributed by atoms with E-state index in [2.05, 4.69) is 25.9 Å². The standard InChI is InChI=1S/C16H33NO/c1-4-7-8-9-10-11-12-13-14-15-16(5-2,6-3)17-18/h4-15H2,1-3H3. The van der Waals surface area contributed by atoms with Gasteiger partial charge in [0, 0.05) is 0 Å². The van der Waals surface area contributed by atoms with E-state index in [9.17, 15) is 4.91 Å². The topological polar surface area (TPSA) is 29.4 Å². The lowest BCUT2D eigenvalue weighted by atomic mass is 9.88. The van der Waals surface area contributed by atoms with Gasteiger partial charge in [0.05, 0.1) is 0 Å².